The highest BCUT2D eigenvalue weighted by Gasteiger charge is 2.33. The first kappa shape index (κ1) is 16.0. The lowest BCUT2D eigenvalue weighted by Crippen LogP contribution is -2.52. The molecule has 0 atom stereocenters. The minimum Gasteiger partial charge on any atom is -0.497 e. The van der Waals surface area contributed by atoms with Gasteiger partial charge in [-0.2, -0.15) is 0 Å². The Bertz CT molecular complexity index is 475. The molecule has 1 heterocycles. The zero-order chi connectivity index (χ0) is 15.5. The molecule has 1 fully saturated rings. The molecule has 0 unspecified atom stereocenters. The van der Waals surface area contributed by atoms with Crippen molar-refractivity contribution in [1.82, 2.24) is 4.90 Å². The highest BCUT2D eigenvalue weighted by molar-refractivity contribution is 7.99. The van der Waals surface area contributed by atoms with Crippen LogP contribution in [0.1, 0.15) is 20.8 Å². The molecule has 0 radical (unpaired) electrons. The van der Waals surface area contributed by atoms with E-state index in [0.29, 0.717) is 5.92 Å². The molecular formula is C16H23NO3S. The second-order valence-electron chi connectivity index (χ2n) is 6.24. The van der Waals surface area contributed by atoms with Crippen LogP contribution in [0, 0.1) is 5.92 Å². The summed E-state index contributed by atoms with van der Waals surface area (Å²) < 4.78 is 10.5. The predicted molar refractivity (Wildman–Crippen MR) is 85.0 cm³/mol. The molecule has 1 aliphatic rings. The number of benzene rings is 1. The Balaban J connectivity index is 1.69. The van der Waals surface area contributed by atoms with Gasteiger partial charge in [0.15, 0.2) is 0 Å². The Labute approximate surface area is 130 Å². The average molecular weight is 309 g/mol. The maximum Gasteiger partial charge on any atom is 0.410 e. The van der Waals surface area contributed by atoms with Crippen LogP contribution in [0.5, 0.6) is 5.75 Å². The van der Waals surface area contributed by atoms with Gasteiger partial charge in [0, 0.05) is 29.7 Å². The summed E-state index contributed by atoms with van der Waals surface area (Å²) in [4.78, 5) is 14.8. The van der Waals surface area contributed by atoms with Crippen molar-refractivity contribution in [2.24, 2.45) is 5.92 Å². The van der Waals surface area contributed by atoms with Gasteiger partial charge in [0.05, 0.1) is 7.11 Å². The highest BCUT2D eigenvalue weighted by atomic mass is 32.2. The summed E-state index contributed by atoms with van der Waals surface area (Å²) in [6.07, 6.45) is -0.201. The van der Waals surface area contributed by atoms with E-state index in [9.17, 15) is 4.79 Å². The third kappa shape index (κ3) is 4.84. The van der Waals surface area contributed by atoms with Gasteiger partial charge in [-0.05, 0) is 45.0 Å². The lowest BCUT2D eigenvalue weighted by atomic mass is 10.0. The average Bonchev–Trinajstić information content (AvgIpc) is 2.35. The molecule has 1 aliphatic heterocycles. The Kier molecular flexibility index (Phi) is 5.04. The molecule has 0 saturated carbocycles. The van der Waals surface area contributed by atoms with E-state index in [2.05, 4.69) is 12.1 Å². The van der Waals surface area contributed by atoms with Gasteiger partial charge in [-0.1, -0.05) is 0 Å². The molecular weight excluding hydrogens is 286 g/mol. The Morgan fingerprint density at radius 3 is 2.43 bits per heavy atom. The fraction of sp³-hybridized carbons (Fsp3) is 0.562. The molecule has 4 nitrogen and oxygen atoms in total. The number of amides is 1. The van der Waals surface area contributed by atoms with Crippen molar-refractivity contribution in [3.05, 3.63) is 24.3 Å². The summed E-state index contributed by atoms with van der Waals surface area (Å²) in [6.45, 7) is 7.25. The summed E-state index contributed by atoms with van der Waals surface area (Å²) >= 11 is 1.82. The molecule has 2 rings (SSSR count). The van der Waals surface area contributed by atoms with Gasteiger partial charge in [0.1, 0.15) is 11.4 Å². The van der Waals surface area contributed by atoms with Gasteiger partial charge in [-0.25, -0.2) is 4.79 Å². The Morgan fingerprint density at radius 1 is 1.29 bits per heavy atom. The number of ether oxygens (including phenoxy) is 2. The summed E-state index contributed by atoms with van der Waals surface area (Å²) in [6, 6.07) is 8.06. The van der Waals surface area contributed by atoms with Gasteiger partial charge in [0.2, 0.25) is 0 Å². The molecule has 5 heteroatoms. The monoisotopic (exact) mass is 309 g/mol. The van der Waals surface area contributed by atoms with Gasteiger partial charge >= 0.3 is 6.09 Å². The van der Waals surface area contributed by atoms with E-state index in [1.54, 1.807) is 12.0 Å². The zero-order valence-corrected chi connectivity index (χ0v) is 13.9. The lowest BCUT2D eigenvalue weighted by Gasteiger charge is -2.39. The number of rotatable bonds is 4. The van der Waals surface area contributed by atoms with Crippen LogP contribution in [-0.4, -0.2) is 42.5 Å². The normalized spacial score (nSPS) is 15.5. The molecule has 1 aromatic rings. The van der Waals surface area contributed by atoms with Gasteiger partial charge in [-0.3, -0.25) is 0 Å². The van der Waals surface area contributed by atoms with E-state index in [1.807, 2.05) is 44.7 Å². The second kappa shape index (κ2) is 6.60. The third-order valence-corrected chi connectivity index (χ3v) is 4.40. The first-order valence-corrected chi connectivity index (χ1v) is 8.11. The van der Waals surface area contributed by atoms with Gasteiger partial charge in [-0.15, -0.1) is 11.8 Å². The maximum atomic E-state index is 11.8. The lowest BCUT2D eigenvalue weighted by molar-refractivity contribution is 0.00215. The third-order valence-electron chi connectivity index (χ3n) is 3.15. The highest BCUT2D eigenvalue weighted by Crippen LogP contribution is 2.28. The van der Waals surface area contributed by atoms with Crippen molar-refractivity contribution in [2.75, 3.05) is 26.0 Å². The van der Waals surface area contributed by atoms with Crippen LogP contribution in [0.3, 0.4) is 0 Å². The van der Waals surface area contributed by atoms with Gasteiger partial charge < -0.3 is 14.4 Å². The van der Waals surface area contributed by atoms with Crippen molar-refractivity contribution in [1.29, 1.82) is 0 Å². The standard InChI is InChI=1S/C16H23NO3S/c1-16(2,3)20-15(18)17-9-12(10-17)11-21-14-7-5-13(19-4)6-8-14/h5-8,12H,9-11H2,1-4H3. The number of nitrogens with zero attached hydrogens (tertiary/aromatic N) is 1. The molecule has 0 aliphatic carbocycles. The van der Waals surface area contributed by atoms with Crippen molar-refractivity contribution >= 4 is 17.9 Å². The number of methoxy groups -OCH3 is 1. The van der Waals surface area contributed by atoms with Crippen molar-refractivity contribution in [3.63, 3.8) is 0 Å². The van der Waals surface area contributed by atoms with Crippen LogP contribution in [0.2, 0.25) is 0 Å². The number of thioether (sulfide) groups is 1. The topological polar surface area (TPSA) is 38.8 Å². The summed E-state index contributed by atoms with van der Waals surface area (Å²) in [5.41, 5.74) is -0.417. The quantitative estimate of drug-likeness (QED) is 0.796. The fourth-order valence-corrected chi connectivity index (χ4v) is 3.00. The summed E-state index contributed by atoms with van der Waals surface area (Å²) in [5, 5.41) is 0. The minimum atomic E-state index is -0.417. The van der Waals surface area contributed by atoms with E-state index in [-0.39, 0.29) is 6.09 Å². The summed E-state index contributed by atoms with van der Waals surface area (Å²) in [7, 11) is 1.67. The Morgan fingerprint density at radius 2 is 1.90 bits per heavy atom. The fourth-order valence-electron chi connectivity index (χ4n) is 2.04. The first-order valence-electron chi connectivity index (χ1n) is 7.12. The molecule has 0 N–H and O–H groups in total. The first-order chi connectivity index (χ1) is 9.87. The predicted octanol–water partition coefficient (Wildman–Crippen LogP) is 3.65. The molecule has 0 bridgehead atoms. The molecule has 1 saturated heterocycles. The van der Waals surface area contributed by atoms with E-state index >= 15 is 0 Å². The molecule has 0 aromatic heterocycles. The summed E-state index contributed by atoms with van der Waals surface area (Å²) in [5.74, 6) is 2.44. The smallest absolute Gasteiger partial charge is 0.410 e. The van der Waals surface area contributed by atoms with Crippen molar-refractivity contribution in [2.45, 2.75) is 31.3 Å². The molecule has 116 valence electrons. The van der Waals surface area contributed by atoms with E-state index in [1.165, 1.54) is 4.90 Å². The minimum absolute atomic E-state index is 0.201. The number of carbonyl (C=O) groups is 1. The van der Waals surface area contributed by atoms with Gasteiger partial charge in [0.25, 0.3) is 0 Å². The number of likely N-dealkylation sites (tertiary alicyclic amines) is 1. The largest absolute Gasteiger partial charge is 0.497 e. The van der Waals surface area contributed by atoms with Crippen LogP contribution >= 0.6 is 11.8 Å². The maximum absolute atomic E-state index is 11.8. The molecule has 21 heavy (non-hydrogen) atoms. The molecule has 1 amide bonds. The van der Waals surface area contributed by atoms with Crippen LogP contribution in [0.15, 0.2) is 29.2 Å². The van der Waals surface area contributed by atoms with Crippen molar-refractivity contribution in [3.8, 4) is 5.75 Å². The molecule has 1 aromatic carbocycles. The van der Waals surface area contributed by atoms with E-state index in [0.717, 1.165) is 24.6 Å². The SMILES string of the molecule is COc1ccc(SCC2CN(C(=O)OC(C)(C)C)C2)cc1. The zero-order valence-electron chi connectivity index (χ0n) is 13.1. The Hall–Kier alpha value is -1.36. The van der Waals surface area contributed by atoms with Crippen LogP contribution in [-0.2, 0) is 4.74 Å². The van der Waals surface area contributed by atoms with Crippen molar-refractivity contribution < 1.29 is 14.3 Å². The van der Waals surface area contributed by atoms with Crippen LogP contribution in [0.4, 0.5) is 4.79 Å². The number of hydrogen-bond acceptors (Lipinski definition) is 4. The number of carbonyl (C=O) groups excluding carboxylic acids is 1. The molecule has 0 spiro atoms. The number of hydrogen-bond donors (Lipinski definition) is 0. The van der Waals surface area contributed by atoms with E-state index < -0.39 is 5.60 Å². The van der Waals surface area contributed by atoms with Crippen LogP contribution in [0.25, 0.3) is 0 Å². The second-order valence-corrected chi connectivity index (χ2v) is 7.33. The van der Waals surface area contributed by atoms with Crippen LogP contribution < -0.4 is 4.74 Å². The van der Waals surface area contributed by atoms with E-state index in [4.69, 9.17) is 9.47 Å².